The van der Waals surface area contributed by atoms with E-state index in [1.54, 1.807) is 4.90 Å². The highest BCUT2D eigenvalue weighted by molar-refractivity contribution is 8.02. The highest BCUT2D eigenvalue weighted by Crippen LogP contribution is 2.51. The van der Waals surface area contributed by atoms with Gasteiger partial charge in [-0.15, -0.1) is 11.8 Å². The fraction of sp³-hybridized carbons (Fsp3) is 0.800. The number of carbonyl (C=O) groups excluding carboxylic acids is 1. The number of nitrogens with zero attached hydrogens (tertiary/aromatic N) is 1. The Labute approximate surface area is 103 Å². The predicted molar refractivity (Wildman–Crippen MR) is 62.3 cm³/mol. The van der Waals surface area contributed by atoms with Crippen LogP contribution in [0.4, 0.5) is 0 Å². The Morgan fingerprint density at radius 1 is 1.65 bits per heavy atom. The summed E-state index contributed by atoms with van der Waals surface area (Å²) in [6.45, 7) is 0.463. The molecule has 7 heteroatoms. The number of aliphatic carboxylic acids is 1. The second-order valence-corrected chi connectivity index (χ2v) is 5.96. The summed E-state index contributed by atoms with van der Waals surface area (Å²) in [4.78, 5) is 24.5. The average Bonchev–Trinajstić information content (AvgIpc) is 2.64. The first kappa shape index (κ1) is 12.7. The van der Waals surface area contributed by atoms with E-state index >= 15 is 0 Å². The second kappa shape index (κ2) is 4.47. The largest absolute Gasteiger partial charge is 0.480 e. The van der Waals surface area contributed by atoms with Crippen molar-refractivity contribution in [1.29, 1.82) is 0 Å². The molecule has 2 unspecified atom stereocenters. The molecule has 96 valence electrons. The molecule has 0 spiro atoms. The lowest BCUT2D eigenvalue weighted by Gasteiger charge is -2.40. The van der Waals surface area contributed by atoms with Crippen LogP contribution in [-0.2, 0) is 9.59 Å². The maximum atomic E-state index is 11.6. The number of carboxylic acids is 1. The van der Waals surface area contributed by atoms with E-state index in [4.69, 9.17) is 10.8 Å². The molecule has 0 radical (unpaired) electrons. The van der Waals surface area contributed by atoms with E-state index in [1.165, 1.54) is 11.8 Å². The van der Waals surface area contributed by atoms with E-state index in [0.717, 1.165) is 0 Å². The highest BCUT2D eigenvalue weighted by Gasteiger charge is 2.60. The molecule has 6 nitrogen and oxygen atoms in total. The van der Waals surface area contributed by atoms with Gasteiger partial charge in [0.1, 0.15) is 4.75 Å². The molecular formula is C10H16N2O4S. The number of fused-ring (bicyclic) bond motifs is 1. The van der Waals surface area contributed by atoms with Gasteiger partial charge in [0, 0.05) is 6.54 Å². The van der Waals surface area contributed by atoms with Gasteiger partial charge in [-0.1, -0.05) is 0 Å². The maximum absolute atomic E-state index is 11.6. The Hall–Kier alpha value is -0.790. The van der Waals surface area contributed by atoms with Gasteiger partial charge < -0.3 is 20.8 Å². The van der Waals surface area contributed by atoms with Crippen LogP contribution in [0.2, 0.25) is 0 Å². The van der Waals surface area contributed by atoms with Crippen molar-refractivity contribution in [2.75, 3.05) is 19.7 Å². The number of rotatable bonds is 5. The maximum Gasteiger partial charge on any atom is 0.321 e. The minimum Gasteiger partial charge on any atom is -0.480 e. The first-order chi connectivity index (χ1) is 8.05. The zero-order valence-corrected chi connectivity index (χ0v) is 10.2. The molecule has 2 aliphatic heterocycles. The fourth-order valence-corrected chi connectivity index (χ4v) is 4.08. The number of amides is 1. The molecule has 0 aromatic carbocycles. The minimum atomic E-state index is -0.941. The van der Waals surface area contributed by atoms with Gasteiger partial charge in [-0.25, -0.2) is 0 Å². The Balaban J connectivity index is 2.12. The first-order valence-corrected chi connectivity index (χ1v) is 6.46. The van der Waals surface area contributed by atoms with Crippen LogP contribution in [0, 0.1) is 5.92 Å². The zero-order valence-electron chi connectivity index (χ0n) is 9.33. The van der Waals surface area contributed by atoms with Gasteiger partial charge in [0.25, 0.3) is 0 Å². The summed E-state index contributed by atoms with van der Waals surface area (Å²) in [5.74, 6) is -1.46. The van der Waals surface area contributed by atoms with Crippen molar-refractivity contribution < 1.29 is 19.8 Å². The molecule has 0 aromatic rings. The third-order valence-corrected chi connectivity index (χ3v) is 5.18. The van der Waals surface area contributed by atoms with Crippen LogP contribution in [0.25, 0.3) is 0 Å². The molecule has 2 aliphatic rings. The summed E-state index contributed by atoms with van der Waals surface area (Å²) >= 11 is 1.28. The van der Waals surface area contributed by atoms with E-state index in [2.05, 4.69) is 0 Å². The number of β-lactam (4-membered cyclic amide) rings is 1. The SMILES string of the molecule is NCCCC1(C(=O)O)CN2C(=O)C(CO)[C@H]2S1. The van der Waals surface area contributed by atoms with Gasteiger partial charge >= 0.3 is 5.97 Å². The van der Waals surface area contributed by atoms with Gasteiger partial charge in [0.05, 0.1) is 17.9 Å². The number of carbonyl (C=O) groups is 2. The number of aliphatic hydroxyl groups is 1. The predicted octanol–water partition coefficient (Wildman–Crippen LogP) is -0.928. The summed E-state index contributed by atoms with van der Waals surface area (Å²) in [6.07, 6.45) is 1.08. The summed E-state index contributed by atoms with van der Waals surface area (Å²) in [5.41, 5.74) is 5.41. The van der Waals surface area contributed by atoms with Crippen molar-refractivity contribution in [3.63, 3.8) is 0 Å². The second-order valence-electron chi connectivity index (χ2n) is 4.46. The Kier molecular flexibility index (Phi) is 3.33. The summed E-state index contributed by atoms with van der Waals surface area (Å²) in [5, 5.41) is 18.2. The molecule has 0 saturated carbocycles. The van der Waals surface area contributed by atoms with E-state index in [9.17, 15) is 14.7 Å². The standard InChI is InChI=1S/C10H16N2O4S/c11-3-1-2-10(9(15)16)5-12-7(14)6(4-13)8(12)17-10/h6,8,13H,1-5,11H2,(H,15,16)/t6?,8-,10?/m1/s1. The molecule has 2 rings (SSSR count). The number of hydrogen-bond donors (Lipinski definition) is 3. The Bertz CT molecular complexity index is 351. The Morgan fingerprint density at radius 3 is 2.88 bits per heavy atom. The average molecular weight is 260 g/mol. The molecule has 2 saturated heterocycles. The third kappa shape index (κ3) is 1.82. The lowest BCUT2D eigenvalue weighted by Crippen LogP contribution is -2.58. The Morgan fingerprint density at radius 2 is 2.35 bits per heavy atom. The lowest BCUT2D eigenvalue weighted by atomic mass is 9.95. The van der Waals surface area contributed by atoms with Crippen molar-refractivity contribution in [3.8, 4) is 0 Å². The first-order valence-electron chi connectivity index (χ1n) is 5.58. The van der Waals surface area contributed by atoms with Crippen LogP contribution in [0.1, 0.15) is 12.8 Å². The van der Waals surface area contributed by atoms with Gasteiger partial charge in [-0.05, 0) is 19.4 Å². The molecular weight excluding hydrogens is 244 g/mol. The molecule has 1 amide bonds. The lowest BCUT2D eigenvalue weighted by molar-refractivity contribution is -0.152. The van der Waals surface area contributed by atoms with E-state index in [0.29, 0.717) is 19.4 Å². The smallest absolute Gasteiger partial charge is 0.321 e. The van der Waals surface area contributed by atoms with E-state index < -0.39 is 16.6 Å². The van der Waals surface area contributed by atoms with Gasteiger partial charge in [0.2, 0.25) is 5.91 Å². The van der Waals surface area contributed by atoms with E-state index in [1.807, 2.05) is 0 Å². The van der Waals surface area contributed by atoms with Crippen LogP contribution in [0.5, 0.6) is 0 Å². The van der Waals surface area contributed by atoms with Crippen molar-refractivity contribution in [3.05, 3.63) is 0 Å². The van der Waals surface area contributed by atoms with Crippen LogP contribution < -0.4 is 5.73 Å². The molecule has 2 fully saturated rings. The number of nitrogens with two attached hydrogens (primary N) is 1. The summed E-state index contributed by atoms with van der Waals surface area (Å²) in [6, 6.07) is 0. The minimum absolute atomic E-state index is 0.138. The molecule has 17 heavy (non-hydrogen) atoms. The van der Waals surface area contributed by atoms with Crippen molar-refractivity contribution in [1.82, 2.24) is 4.90 Å². The number of thioether (sulfide) groups is 1. The van der Waals surface area contributed by atoms with Gasteiger partial charge in [0.15, 0.2) is 0 Å². The molecule has 0 bridgehead atoms. The molecule has 3 atom stereocenters. The summed E-state index contributed by atoms with van der Waals surface area (Å²) in [7, 11) is 0. The number of carboxylic acid groups (broad SMARTS) is 1. The van der Waals surface area contributed by atoms with Crippen LogP contribution in [0.15, 0.2) is 0 Å². The number of hydrogen-bond acceptors (Lipinski definition) is 5. The quantitative estimate of drug-likeness (QED) is 0.552. The molecule has 0 aliphatic carbocycles. The van der Waals surface area contributed by atoms with Crippen molar-refractivity contribution in [2.45, 2.75) is 23.0 Å². The fourth-order valence-electron chi connectivity index (χ4n) is 2.37. The van der Waals surface area contributed by atoms with Gasteiger partial charge in [-0.3, -0.25) is 9.59 Å². The molecule has 2 heterocycles. The molecule has 0 aromatic heterocycles. The van der Waals surface area contributed by atoms with Crippen LogP contribution in [-0.4, -0.2) is 56.8 Å². The highest BCUT2D eigenvalue weighted by atomic mass is 32.2. The van der Waals surface area contributed by atoms with Crippen molar-refractivity contribution in [2.24, 2.45) is 11.7 Å². The van der Waals surface area contributed by atoms with Crippen molar-refractivity contribution >= 4 is 23.6 Å². The summed E-state index contributed by atoms with van der Waals surface area (Å²) < 4.78 is -0.941. The normalized spacial score (nSPS) is 35.6. The zero-order chi connectivity index (χ0) is 12.6. The third-order valence-electron chi connectivity index (χ3n) is 3.39. The van der Waals surface area contributed by atoms with Gasteiger partial charge in [-0.2, -0.15) is 0 Å². The molecule has 4 N–H and O–H groups in total. The van der Waals surface area contributed by atoms with Crippen LogP contribution >= 0.6 is 11.8 Å². The topological polar surface area (TPSA) is 104 Å². The number of aliphatic hydroxyl groups excluding tert-OH is 1. The van der Waals surface area contributed by atoms with Crippen LogP contribution in [0.3, 0.4) is 0 Å². The van der Waals surface area contributed by atoms with E-state index in [-0.39, 0.29) is 24.4 Å². The monoisotopic (exact) mass is 260 g/mol.